The van der Waals surface area contributed by atoms with E-state index in [1.165, 1.54) is 12.1 Å². The van der Waals surface area contributed by atoms with Crippen molar-refractivity contribution in [2.45, 2.75) is 19.4 Å². The molecule has 16 heavy (non-hydrogen) atoms. The van der Waals surface area contributed by atoms with E-state index in [1.807, 2.05) is 6.92 Å². The summed E-state index contributed by atoms with van der Waals surface area (Å²) in [6.07, 6.45) is 0.937. The molecule has 90 valence electrons. The molecule has 1 atom stereocenters. The second-order valence-electron chi connectivity index (χ2n) is 3.47. The Hall–Kier alpha value is -0.680. The third kappa shape index (κ3) is 3.72. The molecule has 0 aliphatic rings. The zero-order valence-corrected chi connectivity index (χ0v) is 9.93. The van der Waals surface area contributed by atoms with Crippen molar-refractivity contribution in [2.24, 2.45) is 5.84 Å². The number of ether oxygens (including phenoxy) is 1. The lowest BCUT2D eigenvalue weighted by Gasteiger charge is -2.16. The lowest BCUT2D eigenvalue weighted by Crippen LogP contribution is -2.31. The molecule has 0 aliphatic carbocycles. The van der Waals surface area contributed by atoms with Crippen LogP contribution in [-0.4, -0.2) is 13.2 Å². The molecule has 3 nitrogen and oxygen atoms in total. The average Bonchev–Trinajstić information content (AvgIpc) is 2.29. The first kappa shape index (κ1) is 13.4. The van der Waals surface area contributed by atoms with Crippen LogP contribution in [0.2, 0.25) is 5.02 Å². The van der Waals surface area contributed by atoms with Gasteiger partial charge in [-0.1, -0.05) is 24.6 Å². The fraction of sp³-hybridized carbons (Fsp3) is 0.455. The lowest BCUT2D eigenvalue weighted by molar-refractivity contribution is 0.112. The monoisotopic (exact) mass is 246 g/mol. The maximum atomic E-state index is 13.2. The van der Waals surface area contributed by atoms with Crippen molar-refractivity contribution in [3.05, 3.63) is 34.6 Å². The van der Waals surface area contributed by atoms with Gasteiger partial charge < -0.3 is 4.74 Å². The van der Waals surface area contributed by atoms with Crippen LogP contribution in [-0.2, 0) is 4.74 Å². The smallest absolute Gasteiger partial charge is 0.142 e. The Morgan fingerprint density at radius 3 is 2.88 bits per heavy atom. The Morgan fingerprint density at radius 2 is 2.31 bits per heavy atom. The summed E-state index contributed by atoms with van der Waals surface area (Å²) in [7, 11) is 0. The van der Waals surface area contributed by atoms with Gasteiger partial charge in [-0.25, -0.2) is 4.39 Å². The number of hydrogen-bond donors (Lipinski definition) is 2. The van der Waals surface area contributed by atoms with Crippen LogP contribution in [0.1, 0.15) is 24.9 Å². The van der Waals surface area contributed by atoms with E-state index in [-0.39, 0.29) is 11.1 Å². The highest BCUT2D eigenvalue weighted by Gasteiger charge is 2.11. The van der Waals surface area contributed by atoms with Gasteiger partial charge in [-0.3, -0.25) is 11.3 Å². The van der Waals surface area contributed by atoms with Gasteiger partial charge in [-0.15, -0.1) is 0 Å². The average molecular weight is 247 g/mol. The second kappa shape index (κ2) is 6.81. The van der Waals surface area contributed by atoms with E-state index in [9.17, 15) is 4.39 Å². The number of nitrogens with two attached hydrogens (primary N) is 1. The highest BCUT2D eigenvalue weighted by molar-refractivity contribution is 6.30. The van der Waals surface area contributed by atoms with Crippen LogP contribution in [0.3, 0.4) is 0 Å². The third-order valence-electron chi connectivity index (χ3n) is 2.18. The van der Waals surface area contributed by atoms with Crippen LogP contribution in [0.5, 0.6) is 0 Å². The predicted octanol–water partition coefficient (Wildman–Crippen LogP) is 2.41. The summed E-state index contributed by atoms with van der Waals surface area (Å²) in [5, 5.41) is 0.106. The van der Waals surface area contributed by atoms with Gasteiger partial charge in [-0.05, 0) is 24.1 Å². The highest BCUT2D eigenvalue weighted by atomic mass is 35.5. The minimum Gasteiger partial charge on any atom is -0.379 e. The van der Waals surface area contributed by atoms with Crippen molar-refractivity contribution < 1.29 is 9.13 Å². The predicted molar refractivity (Wildman–Crippen MR) is 62.6 cm³/mol. The highest BCUT2D eigenvalue weighted by Crippen LogP contribution is 2.20. The molecule has 1 unspecified atom stereocenters. The van der Waals surface area contributed by atoms with E-state index in [2.05, 4.69) is 5.43 Å². The largest absolute Gasteiger partial charge is 0.379 e. The van der Waals surface area contributed by atoms with Crippen LogP contribution in [0, 0.1) is 5.82 Å². The summed E-state index contributed by atoms with van der Waals surface area (Å²) in [5.74, 6) is 4.94. The molecule has 0 aliphatic heterocycles. The molecule has 0 saturated carbocycles. The fourth-order valence-electron chi connectivity index (χ4n) is 1.32. The molecular weight excluding hydrogens is 231 g/mol. The summed E-state index contributed by atoms with van der Waals surface area (Å²) in [6, 6.07) is 4.38. The molecule has 1 aromatic carbocycles. The van der Waals surface area contributed by atoms with Crippen molar-refractivity contribution in [1.29, 1.82) is 0 Å². The van der Waals surface area contributed by atoms with Gasteiger partial charge in [0.05, 0.1) is 17.7 Å². The van der Waals surface area contributed by atoms with E-state index in [1.54, 1.807) is 6.07 Å². The van der Waals surface area contributed by atoms with Crippen LogP contribution in [0.25, 0.3) is 0 Å². The van der Waals surface area contributed by atoms with Crippen molar-refractivity contribution in [3.63, 3.8) is 0 Å². The molecule has 0 amide bonds. The summed E-state index contributed by atoms with van der Waals surface area (Å²) in [5.41, 5.74) is 3.31. The van der Waals surface area contributed by atoms with E-state index in [4.69, 9.17) is 22.2 Å². The Labute approximate surface area is 99.7 Å². The number of benzene rings is 1. The zero-order chi connectivity index (χ0) is 12.0. The van der Waals surface area contributed by atoms with Gasteiger partial charge in [-0.2, -0.15) is 0 Å². The van der Waals surface area contributed by atoms with Crippen molar-refractivity contribution in [2.75, 3.05) is 13.2 Å². The van der Waals surface area contributed by atoms with Gasteiger partial charge in [0.1, 0.15) is 5.82 Å². The summed E-state index contributed by atoms with van der Waals surface area (Å²) in [4.78, 5) is 0. The second-order valence-corrected chi connectivity index (χ2v) is 3.87. The summed E-state index contributed by atoms with van der Waals surface area (Å²) < 4.78 is 18.6. The minimum absolute atomic E-state index is 0.106. The Kier molecular flexibility index (Phi) is 5.69. The van der Waals surface area contributed by atoms with Crippen LogP contribution < -0.4 is 11.3 Å². The number of nitrogens with one attached hydrogen (secondary N) is 1. The molecule has 3 N–H and O–H groups in total. The first-order chi connectivity index (χ1) is 7.69. The van der Waals surface area contributed by atoms with E-state index in [0.717, 1.165) is 12.0 Å². The molecule has 0 spiro atoms. The first-order valence-electron chi connectivity index (χ1n) is 5.17. The number of rotatable bonds is 6. The third-order valence-corrected chi connectivity index (χ3v) is 2.49. The van der Waals surface area contributed by atoms with Gasteiger partial charge in [0.15, 0.2) is 0 Å². The molecule has 0 radical (unpaired) electrons. The molecule has 1 aromatic rings. The van der Waals surface area contributed by atoms with E-state index >= 15 is 0 Å². The molecule has 0 heterocycles. The SMILES string of the molecule is CCCOCC(NN)c1ccc(Cl)c(F)c1. The van der Waals surface area contributed by atoms with Gasteiger partial charge in [0.25, 0.3) is 0 Å². The topological polar surface area (TPSA) is 47.3 Å². The maximum absolute atomic E-state index is 13.2. The Balaban J connectivity index is 2.67. The molecular formula is C11H16ClFN2O. The quantitative estimate of drug-likeness (QED) is 0.460. The molecule has 0 saturated heterocycles. The Bertz CT molecular complexity index is 336. The fourth-order valence-corrected chi connectivity index (χ4v) is 1.43. The molecule has 0 aromatic heterocycles. The standard InChI is InChI=1S/C11H16ClFN2O/c1-2-5-16-7-11(15-14)8-3-4-9(12)10(13)6-8/h3-4,6,11,15H,2,5,7,14H2,1H3. The van der Waals surface area contributed by atoms with Crippen molar-refractivity contribution in [3.8, 4) is 0 Å². The molecule has 5 heteroatoms. The van der Waals surface area contributed by atoms with Gasteiger partial charge >= 0.3 is 0 Å². The molecule has 1 rings (SSSR count). The van der Waals surface area contributed by atoms with Crippen LogP contribution >= 0.6 is 11.6 Å². The van der Waals surface area contributed by atoms with Crippen molar-refractivity contribution in [1.82, 2.24) is 5.43 Å². The van der Waals surface area contributed by atoms with Crippen LogP contribution in [0.15, 0.2) is 18.2 Å². The zero-order valence-electron chi connectivity index (χ0n) is 9.17. The normalized spacial score (nSPS) is 12.8. The molecule has 0 fully saturated rings. The lowest BCUT2D eigenvalue weighted by atomic mass is 10.1. The summed E-state index contributed by atoms with van der Waals surface area (Å²) in [6.45, 7) is 3.09. The van der Waals surface area contributed by atoms with E-state index < -0.39 is 5.82 Å². The molecule has 0 bridgehead atoms. The van der Waals surface area contributed by atoms with E-state index in [0.29, 0.717) is 13.2 Å². The Morgan fingerprint density at radius 1 is 1.56 bits per heavy atom. The van der Waals surface area contributed by atoms with Crippen LogP contribution in [0.4, 0.5) is 4.39 Å². The number of hydrogen-bond acceptors (Lipinski definition) is 3. The van der Waals surface area contributed by atoms with Gasteiger partial charge in [0, 0.05) is 6.61 Å². The maximum Gasteiger partial charge on any atom is 0.142 e. The first-order valence-corrected chi connectivity index (χ1v) is 5.55. The number of halogens is 2. The summed E-state index contributed by atoms with van der Waals surface area (Å²) >= 11 is 5.60. The minimum atomic E-state index is -0.449. The van der Waals surface area contributed by atoms with Crippen molar-refractivity contribution >= 4 is 11.6 Å². The van der Waals surface area contributed by atoms with Gasteiger partial charge in [0.2, 0.25) is 0 Å². The number of hydrazine groups is 1.